The molecule has 4 aromatic heterocycles. The number of alkyl halides is 6. The van der Waals surface area contributed by atoms with Gasteiger partial charge in [0.1, 0.15) is 17.3 Å². The Kier molecular flexibility index (Phi) is 9.85. The van der Waals surface area contributed by atoms with E-state index in [1.54, 1.807) is 12.4 Å². The molecule has 0 aliphatic carbocycles. The Hall–Kier alpha value is -5.23. The Labute approximate surface area is 270 Å². The van der Waals surface area contributed by atoms with Gasteiger partial charge in [0.25, 0.3) is 0 Å². The van der Waals surface area contributed by atoms with E-state index in [1.165, 1.54) is 24.7 Å². The van der Waals surface area contributed by atoms with Crippen LogP contribution >= 0.6 is 0 Å². The van der Waals surface area contributed by atoms with Crippen LogP contribution in [0.4, 0.5) is 61.2 Å². The van der Waals surface area contributed by atoms with Gasteiger partial charge >= 0.3 is 12.4 Å². The molecular formula is C29H33F6N13. The van der Waals surface area contributed by atoms with Crippen LogP contribution in [0.25, 0.3) is 0 Å². The number of halogens is 6. The van der Waals surface area contributed by atoms with Gasteiger partial charge in [-0.3, -0.25) is 0 Å². The highest BCUT2D eigenvalue weighted by atomic mass is 19.4. The fraction of sp³-hybridized carbons (Fsp3) is 0.414. The molecule has 0 unspecified atom stereocenters. The van der Waals surface area contributed by atoms with Gasteiger partial charge in [0.15, 0.2) is 0 Å². The van der Waals surface area contributed by atoms with Crippen molar-refractivity contribution in [1.82, 2.24) is 34.9 Å². The second kappa shape index (κ2) is 13.9. The Bertz CT molecular complexity index is 1540. The first-order chi connectivity index (χ1) is 22.7. The largest absolute Gasteiger partial charge is 0.451 e. The van der Waals surface area contributed by atoms with Crippen LogP contribution < -0.4 is 32.7 Å². The Morgan fingerprint density at radius 1 is 0.542 bits per heavy atom. The van der Waals surface area contributed by atoms with Crippen LogP contribution in [0.15, 0.2) is 43.1 Å². The van der Waals surface area contributed by atoms with Crippen molar-refractivity contribution in [3.63, 3.8) is 0 Å². The zero-order valence-corrected chi connectivity index (χ0v) is 25.5. The molecule has 48 heavy (non-hydrogen) atoms. The van der Waals surface area contributed by atoms with E-state index < -0.39 is 23.9 Å². The molecule has 256 valence electrons. The fourth-order valence-corrected chi connectivity index (χ4v) is 5.74. The molecule has 0 bridgehead atoms. The number of nitrogens with zero attached hydrogens (tertiary/aromatic N) is 9. The number of piperidine rings is 2. The van der Waals surface area contributed by atoms with Crippen LogP contribution in [0, 0.1) is 0 Å². The van der Waals surface area contributed by atoms with Gasteiger partial charge in [-0.2, -0.15) is 36.3 Å². The number of nitrogens with two attached hydrogens (primary N) is 4. The highest BCUT2D eigenvalue weighted by Gasteiger charge is 2.35. The van der Waals surface area contributed by atoms with Gasteiger partial charge < -0.3 is 32.7 Å². The van der Waals surface area contributed by atoms with E-state index in [-0.39, 0.29) is 23.7 Å². The maximum atomic E-state index is 12.6. The monoisotopic (exact) mass is 677 g/mol. The molecule has 0 saturated carbocycles. The van der Waals surface area contributed by atoms with Crippen LogP contribution in [0.5, 0.6) is 0 Å². The first-order valence-corrected chi connectivity index (χ1v) is 14.9. The summed E-state index contributed by atoms with van der Waals surface area (Å²) in [5.41, 5.74) is 24.9. The summed E-state index contributed by atoms with van der Waals surface area (Å²) >= 11 is 0. The fourth-order valence-electron chi connectivity index (χ4n) is 5.74. The number of rotatable bonds is 4. The lowest BCUT2D eigenvalue weighted by Crippen LogP contribution is -2.33. The molecule has 2 aliphatic rings. The number of nitrogen functional groups attached to an aromatic ring is 4. The molecule has 6 heterocycles. The average Bonchev–Trinajstić information content (AvgIpc) is 3.05. The van der Waals surface area contributed by atoms with E-state index in [1.807, 2.05) is 9.80 Å². The van der Waals surface area contributed by atoms with Crippen LogP contribution in [0.3, 0.4) is 0 Å². The lowest BCUT2D eigenvalue weighted by atomic mass is 9.90. The van der Waals surface area contributed by atoms with Crippen LogP contribution in [0.1, 0.15) is 60.2 Å². The molecule has 0 aromatic carbocycles. The molecule has 6 rings (SSSR count). The van der Waals surface area contributed by atoms with Crippen molar-refractivity contribution in [3.05, 3.63) is 65.8 Å². The molecule has 2 aliphatic heterocycles. The summed E-state index contributed by atoms with van der Waals surface area (Å²) in [7, 11) is 0. The van der Waals surface area contributed by atoms with Crippen molar-refractivity contribution in [3.8, 4) is 0 Å². The Morgan fingerprint density at radius 3 is 1.35 bits per heavy atom. The summed E-state index contributed by atoms with van der Waals surface area (Å²) in [5.74, 6) is 0.311. The number of hydrogen-bond donors (Lipinski definition) is 4. The van der Waals surface area contributed by atoms with Gasteiger partial charge in [0, 0.05) is 49.7 Å². The quantitative estimate of drug-likeness (QED) is 0.223. The number of hydrogen-bond acceptors (Lipinski definition) is 13. The lowest BCUT2D eigenvalue weighted by Gasteiger charge is -2.33. The topological polar surface area (TPSA) is 201 Å². The van der Waals surface area contributed by atoms with Gasteiger partial charge in [-0.15, -0.1) is 0 Å². The maximum Gasteiger partial charge on any atom is 0.451 e. The third-order valence-electron chi connectivity index (χ3n) is 8.26. The molecule has 2 fully saturated rings. The van der Waals surface area contributed by atoms with Crippen LogP contribution in [-0.4, -0.2) is 61.1 Å². The van der Waals surface area contributed by atoms with E-state index in [0.29, 0.717) is 49.2 Å². The van der Waals surface area contributed by atoms with Crippen LogP contribution in [0.2, 0.25) is 0 Å². The summed E-state index contributed by atoms with van der Waals surface area (Å²) in [4.78, 5) is 30.1. The second-order valence-electron chi connectivity index (χ2n) is 11.3. The molecule has 8 N–H and O–H groups in total. The molecule has 0 radical (unpaired) electrons. The Balaban J connectivity index is 0.000000188. The van der Waals surface area contributed by atoms with Crippen molar-refractivity contribution in [2.24, 2.45) is 0 Å². The van der Waals surface area contributed by atoms with Crippen molar-refractivity contribution in [1.29, 1.82) is 0 Å². The second-order valence-corrected chi connectivity index (χ2v) is 11.3. The molecule has 0 amide bonds. The SMILES string of the molecule is Nc1ncc(C2CCN(c3ccc(C(F)(F)F)nc3)CC2)c(N)n1.Nc1ncc(C2CCN(c3cnc(C(F)(F)F)nc3)CC2)c(N)n1. The minimum Gasteiger partial charge on any atom is -0.383 e. The van der Waals surface area contributed by atoms with Crippen molar-refractivity contribution in [2.45, 2.75) is 49.9 Å². The van der Waals surface area contributed by atoms with Crippen molar-refractivity contribution < 1.29 is 26.3 Å². The highest BCUT2D eigenvalue weighted by molar-refractivity contribution is 5.48. The zero-order valence-electron chi connectivity index (χ0n) is 25.5. The van der Waals surface area contributed by atoms with Gasteiger partial charge in [-0.1, -0.05) is 0 Å². The summed E-state index contributed by atoms with van der Waals surface area (Å²) in [6, 6.07) is 2.46. The summed E-state index contributed by atoms with van der Waals surface area (Å²) in [6.45, 7) is 2.70. The maximum absolute atomic E-state index is 12.6. The minimum atomic E-state index is -4.53. The average molecular weight is 678 g/mol. The predicted octanol–water partition coefficient (Wildman–Crippen LogP) is 4.27. The standard InChI is InChI=1S/C15H17F3N6.C14H16F3N7/c16-15(17,18)12-2-1-10(7-21-12)24-5-3-9(4-6-24)11-8-22-14(20)23-13(11)19;15-14(16,17)12-20-5-9(6-21-12)24-3-1-8(2-4-24)10-7-22-13(19)23-11(10)18/h1-2,7-9H,3-6H2,(H4,19,20,22,23);5-8H,1-4H2,(H4,18,19,22,23). The van der Waals surface area contributed by atoms with Crippen molar-refractivity contribution in [2.75, 3.05) is 58.9 Å². The van der Waals surface area contributed by atoms with E-state index >= 15 is 0 Å². The summed E-state index contributed by atoms with van der Waals surface area (Å²) < 4.78 is 75.2. The molecule has 0 atom stereocenters. The minimum absolute atomic E-state index is 0.135. The van der Waals surface area contributed by atoms with Gasteiger partial charge in [0.2, 0.25) is 17.7 Å². The van der Waals surface area contributed by atoms with E-state index in [0.717, 1.165) is 42.9 Å². The molecule has 0 spiro atoms. The number of pyridine rings is 1. The van der Waals surface area contributed by atoms with Crippen molar-refractivity contribution >= 4 is 34.9 Å². The first-order valence-electron chi connectivity index (χ1n) is 14.9. The van der Waals surface area contributed by atoms with Gasteiger partial charge in [0.05, 0.1) is 30.0 Å². The molecule has 19 heteroatoms. The molecule has 2 saturated heterocycles. The summed E-state index contributed by atoms with van der Waals surface area (Å²) in [5, 5.41) is 0. The highest BCUT2D eigenvalue weighted by Crippen LogP contribution is 2.35. The predicted molar refractivity (Wildman–Crippen MR) is 166 cm³/mol. The number of aromatic nitrogens is 7. The molecule has 4 aromatic rings. The number of anilines is 6. The summed E-state index contributed by atoms with van der Waals surface area (Å²) in [6.07, 6.45) is 1.18. The van der Waals surface area contributed by atoms with E-state index in [9.17, 15) is 26.3 Å². The smallest absolute Gasteiger partial charge is 0.383 e. The lowest BCUT2D eigenvalue weighted by molar-refractivity contribution is -0.145. The molecule has 13 nitrogen and oxygen atoms in total. The zero-order chi connectivity index (χ0) is 34.6. The third-order valence-corrected chi connectivity index (χ3v) is 8.26. The van der Waals surface area contributed by atoms with E-state index in [4.69, 9.17) is 22.9 Å². The Morgan fingerprint density at radius 2 is 0.979 bits per heavy atom. The van der Waals surface area contributed by atoms with Gasteiger partial charge in [-0.25, -0.2) is 24.9 Å². The third kappa shape index (κ3) is 8.18. The molecular weight excluding hydrogens is 644 g/mol. The van der Waals surface area contributed by atoms with E-state index in [2.05, 4.69) is 34.9 Å². The first kappa shape index (κ1) is 34.1. The van der Waals surface area contributed by atoms with Gasteiger partial charge in [-0.05, 0) is 49.7 Å². The van der Waals surface area contributed by atoms with Crippen LogP contribution in [-0.2, 0) is 12.4 Å². The normalized spacial score (nSPS) is 16.4.